The summed E-state index contributed by atoms with van der Waals surface area (Å²) >= 11 is -0.347. The maximum absolute atomic E-state index is 6.07. The highest BCUT2D eigenvalue weighted by Gasteiger charge is 2.16. The van der Waals surface area contributed by atoms with E-state index in [1.54, 1.807) is 0 Å². The molecular weight excluding hydrogens is 443 g/mol. The fourth-order valence-corrected chi connectivity index (χ4v) is 4.64. The van der Waals surface area contributed by atoms with E-state index in [9.17, 15) is 0 Å². The molecule has 0 bridgehead atoms. The van der Waals surface area contributed by atoms with Crippen molar-refractivity contribution in [2.75, 3.05) is 46.5 Å². The van der Waals surface area contributed by atoms with Gasteiger partial charge in [-0.25, -0.2) is 11.3 Å². The Hall–Kier alpha value is -0.320. The molecule has 8 heteroatoms. The number of amidine groups is 1. The molecule has 0 aromatic heterocycles. The van der Waals surface area contributed by atoms with Crippen molar-refractivity contribution in [3.63, 3.8) is 0 Å². The van der Waals surface area contributed by atoms with Crippen LogP contribution in [0.5, 0.6) is 0 Å². The maximum atomic E-state index is 6.07. The number of halogens is 1. The second-order valence-corrected chi connectivity index (χ2v) is 9.23. The van der Waals surface area contributed by atoms with Gasteiger partial charge in [-0.2, -0.15) is 0 Å². The number of nitrogens with zero attached hydrogens (tertiary/aromatic N) is 4. The van der Waals surface area contributed by atoms with Crippen LogP contribution in [0, 0.1) is 0 Å². The normalized spacial score (nSPS) is 19.3. The van der Waals surface area contributed by atoms with Crippen molar-refractivity contribution in [2.45, 2.75) is 65.0 Å². The Balaban J connectivity index is 2.36. The molecule has 0 aliphatic carbocycles. The fraction of sp³-hybridized carbons (Fsp3) is 0.944. The summed E-state index contributed by atoms with van der Waals surface area (Å²) in [6, 6.07) is 0.664. The van der Waals surface area contributed by atoms with E-state index in [1.807, 2.05) is 7.05 Å². The van der Waals surface area contributed by atoms with Gasteiger partial charge in [-0.3, -0.25) is 0 Å². The molecule has 0 saturated carbocycles. The van der Waals surface area contributed by atoms with Gasteiger partial charge in [-0.05, 0) is 38.8 Å². The van der Waals surface area contributed by atoms with E-state index < -0.39 is 0 Å². The van der Waals surface area contributed by atoms with Crippen molar-refractivity contribution in [1.82, 2.24) is 13.3 Å². The first-order valence-corrected chi connectivity index (χ1v) is 12.0. The molecule has 0 fully saturated rings. The summed E-state index contributed by atoms with van der Waals surface area (Å²) in [5, 5.41) is 3.51. The van der Waals surface area contributed by atoms with Gasteiger partial charge in [0.05, 0.1) is 41.1 Å². The highest BCUT2D eigenvalue weighted by molar-refractivity contribution is 14.1. The summed E-state index contributed by atoms with van der Waals surface area (Å²) < 4.78 is 13.0. The maximum Gasteiger partial charge on any atom is 0.289 e. The Kier molecular flexibility index (Phi) is 14.3. The number of nitrogens with one attached hydrogen (secondary N) is 1. The quantitative estimate of drug-likeness (QED) is 0.254. The van der Waals surface area contributed by atoms with Crippen LogP contribution in [0.25, 0.3) is 0 Å². The number of hydrogen-bond acceptors (Lipinski definition) is 7. The Morgan fingerprint density at radius 1 is 1.15 bits per heavy atom. The number of rotatable bonds is 12. The van der Waals surface area contributed by atoms with Crippen molar-refractivity contribution < 1.29 is 4.74 Å². The molecule has 0 radical (unpaired) electrons. The molecule has 0 spiro atoms. The van der Waals surface area contributed by atoms with Crippen LogP contribution in [0.1, 0.15) is 58.8 Å². The molecule has 154 valence electrons. The van der Waals surface area contributed by atoms with E-state index in [-0.39, 0.29) is 27.5 Å². The molecule has 0 saturated heterocycles. The standard InChI is InChI=1S/C18H39IN6O/c1-4-6-11-21-12-9-8-10-13-25-16-24(3)18(26-14-7-5-2)23-17(20)15-22-19-25/h17,21H,4-16,20H2,1-3H3. The summed E-state index contributed by atoms with van der Waals surface area (Å²) in [5.41, 5.74) is 6.07. The molecule has 1 aliphatic rings. The lowest BCUT2D eigenvalue weighted by atomic mass is 10.2. The molecule has 1 atom stereocenters. The Labute approximate surface area is 170 Å². The molecular formula is C18H39IN6O. The average Bonchev–Trinajstić information content (AvgIpc) is 2.68. The average molecular weight is 482 g/mol. The lowest BCUT2D eigenvalue weighted by molar-refractivity contribution is 0.218. The van der Waals surface area contributed by atoms with Gasteiger partial charge in [-0.1, -0.05) is 33.1 Å². The third-order valence-electron chi connectivity index (χ3n) is 4.08. The molecule has 0 amide bonds. The van der Waals surface area contributed by atoms with E-state index in [0.717, 1.165) is 39.1 Å². The smallest absolute Gasteiger partial charge is 0.289 e. The van der Waals surface area contributed by atoms with Gasteiger partial charge in [0.25, 0.3) is 6.02 Å². The Morgan fingerprint density at radius 3 is 2.69 bits per heavy atom. The van der Waals surface area contributed by atoms with E-state index in [4.69, 9.17) is 10.5 Å². The monoisotopic (exact) mass is 482 g/mol. The van der Waals surface area contributed by atoms with Crippen molar-refractivity contribution in [3.05, 3.63) is 0 Å². The summed E-state index contributed by atoms with van der Waals surface area (Å²) in [6.07, 6.45) is 8.13. The highest BCUT2D eigenvalue weighted by Crippen LogP contribution is 2.16. The minimum absolute atomic E-state index is 0.289. The molecule has 1 rings (SSSR count). The van der Waals surface area contributed by atoms with Crippen molar-refractivity contribution in [3.8, 4) is 0 Å². The minimum Gasteiger partial charge on any atom is -0.465 e. The third-order valence-corrected chi connectivity index (χ3v) is 6.17. The van der Waals surface area contributed by atoms with Gasteiger partial charge in [0.1, 0.15) is 6.17 Å². The van der Waals surface area contributed by atoms with E-state index in [2.05, 4.69) is 35.3 Å². The van der Waals surface area contributed by atoms with Crippen LogP contribution in [0.4, 0.5) is 0 Å². The number of hydrogen-bond donors (Lipinski definition) is 2. The van der Waals surface area contributed by atoms with Crippen LogP contribution < -0.4 is 11.1 Å². The summed E-state index contributed by atoms with van der Waals surface area (Å²) in [5.74, 6) is 0. The van der Waals surface area contributed by atoms with E-state index in [1.165, 1.54) is 32.1 Å². The first-order chi connectivity index (χ1) is 12.7. The van der Waals surface area contributed by atoms with Gasteiger partial charge < -0.3 is 20.7 Å². The highest BCUT2D eigenvalue weighted by atomic mass is 127. The fourth-order valence-electron chi connectivity index (χ4n) is 2.47. The molecule has 1 heterocycles. The molecule has 1 unspecified atom stereocenters. The van der Waals surface area contributed by atoms with Crippen LogP contribution in [0.3, 0.4) is 0 Å². The molecule has 3 N–H and O–H groups in total. The predicted octanol–water partition coefficient (Wildman–Crippen LogP) is 3.28. The lowest BCUT2D eigenvalue weighted by Crippen LogP contribution is -2.38. The Morgan fingerprint density at radius 2 is 1.92 bits per heavy atom. The number of unbranched alkanes of at least 4 members (excludes halogenated alkanes) is 4. The summed E-state index contributed by atoms with van der Waals surface area (Å²) in [4.78, 5) is 6.60. The van der Waals surface area contributed by atoms with Crippen LogP contribution in [-0.4, -0.2) is 66.7 Å². The number of ether oxygens (including phenoxy) is 1. The Bertz CT molecular complexity index is 407. The molecule has 7 nitrogen and oxygen atoms in total. The van der Waals surface area contributed by atoms with Crippen molar-refractivity contribution in [1.29, 1.82) is 0 Å². The van der Waals surface area contributed by atoms with Gasteiger partial charge in [0.15, 0.2) is 0 Å². The van der Waals surface area contributed by atoms with Gasteiger partial charge in [0.2, 0.25) is 0 Å². The molecule has 0 aromatic rings. The van der Waals surface area contributed by atoms with Crippen LogP contribution >= 0.6 is 21.3 Å². The molecule has 26 heavy (non-hydrogen) atoms. The zero-order chi connectivity index (χ0) is 19.0. The second-order valence-electron chi connectivity index (χ2n) is 6.75. The lowest BCUT2D eigenvalue weighted by Gasteiger charge is -2.25. The van der Waals surface area contributed by atoms with Crippen molar-refractivity contribution in [2.24, 2.45) is 13.9 Å². The first kappa shape index (κ1) is 23.7. The summed E-state index contributed by atoms with van der Waals surface area (Å²) in [6.45, 7) is 9.89. The third kappa shape index (κ3) is 11.4. The van der Waals surface area contributed by atoms with E-state index in [0.29, 0.717) is 19.2 Å². The summed E-state index contributed by atoms with van der Waals surface area (Å²) in [7, 11) is 2.04. The molecule has 1 aliphatic heterocycles. The van der Waals surface area contributed by atoms with Crippen LogP contribution in [0.2, 0.25) is 0 Å². The SMILES string of the molecule is CCCCNCCCCCN1CN(C)C(OCCCC)=NC(N)CN=I1. The van der Waals surface area contributed by atoms with Crippen molar-refractivity contribution >= 4 is 27.3 Å². The largest absolute Gasteiger partial charge is 0.465 e. The van der Waals surface area contributed by atoms with Crippen LogP contribution in [0.15, 0.2) is 8.14 Å². The van der Waals surface area contributed by atoms with Gasteiger partial charge in [-0.15, -0.1) is 0 Å². The first-order valence-electron chi connectivity index (χ1n) is 10.1. The number of aliphatic imine (C=N–C) groups is 1. The van der Waals surface area contributed by atoms with E-state index >= 15 is 0 Å². The predicted molar refractivity (Wildman–Crippen MR) is 119 cm³/mol. The minimum atomic E-state index is -0.347. The van der Waals surface area contributed by atoms with Crippen LogP contribution in [-0.2, 0) is 4.74 Å². The zero-order valence-electron chi connectivity index (χ0n) is 16.9. The second kappa shape index (κ2) is 15.7. The topological polar surface area (TPSA) is 78.5 Å². The van der Waals surface area contributed by atoms with Gasteiger partial charge >= 0.3 is 0 Å². The molecule has 0 aromatic carbocycles. The zero-order valence-corrected chi connectivity index (χ0v) is 19.1. The van der Waals surface area contributed by atoms with Gasteiger partial charge in [0, 0.05) is 13.6 Å². The number of nitrogens with two attached hydrogens (primary N) is 1.